The van der Waals surface area contributed by atoms with Crippen molar-refractivity contribution in [1.29, 1.82) is 0 Å². The van der Waals surface area contributed by atoms with E-state index in [9.17, 15) is 13.2 Å². The number of esters is 1. The Labute approximate surface area is 92.1 Å². The lowest BCUT2D eigenvalue weighted by Crippen LogP contribution is -2.17. The van der Waals surface area contributed by atoms with Crippen LogP contribution < -0.4 is 4.72 Å². The molecule has 1 aromatic heterocycles. The van der Waals surface area contributed by atoms with Crippen molar-refractivity contribution in [1.82, 2.24) is 4.72 Å². The molecule has 7 heteroatoms. The molecule has 0 amide bonds. The van der Waals surface area contributed by atoms with Crippen LogP contribution in [0.2, 0.25) is 0 Å². The Bertz CT molecular complexity index is 449. The standard InChI is InChI=1S/C8H11NO4S2/c1-3-13-8(10)6-4-5-7(14-6)15(11,12)9-2/h4-5,9H,3H2,1-2H3. The summed E-state index contributed by atoms with van der Waals surface area (Å²) in [5.41, 5.74) is 0. The molecule has 0 radical (unpaired) electrons. The molecule has 5 nitrogen and oxygen atoms in total. The molecule has 84 valence electrons. The van der Waals surface area contributed by atoms with Crippen molar-refractivity contribution in [3.63, 3.8) is 0 Å². The third-order valence-corrected chi connectivity index (χ3v) is 4.56. The fourth-order valence-electron chi connectivity index (χ4n) is 0.877. The molecule has 0 aliphatic carbocycles. The van der Waals surface area contributed by atoms with Crippen LogP contribution in [-0.2, 0) is 14.8 Å². The molecule has 0 unspecified atom stereocenters. The summed E-state index contributed by atoms with van der Waals surface area (Å²) in [7, 11) is -2.15. The van der Waals surface area contributed by atoms with Crippen LogP contribution in [0.3, 0.4) is 0 Å². The van der Waals surface area contributed by atoms with Crippen molar-refractivity contribution in [2.24, 2.45) is 0 Å². The minimum absolute atomic E-state index is 0.105. The van der Waals surface area contributed by atoms with Crippen LogP contribution in [0, 0.1) is 0 Å². The average molecular weight is 249 g/mol. The molecule has 1 rings (SSSR count). The zero-order valence-electron chi connectivity index (χ0n) is 8.31. The molecule has 0 aliphatic heterocycles. The van der Waals surface area contributed by atoms with Crippen molar-refractivity contribution in [2.45, 2.75) is 11.1 Å². The lowest BCUT2D eigenvalue weighted by atomic mass is 10.5. The predicted molar refractivity (Wildman–Crippen MR) is 56.5 cm³/mol. The number of hydrogen-bond acceptors (Lipinski definition) is 5. The van der Waals surface area contributed by atoms with E-state index in [2.05, 4.69) is 4.72 Å². The molecule has 15 heavy (non-hydrogen) atoms. The molecular weight excluding hydrogens is 238 g/mol. The van der Waals surface area contributed by atoms with Gasteiger partial charge in [0.1, 0.15) is 9.09 Å². The van der Waals surface area contributed by atoms with Gasteiger partial charge in [0.05, 0.1) is 6.61 Å². The van der Waals surface area contributed by atoms with E-state index in [0.29, 0.717) is 0 Å². The van der Waals surface area contributed by atoms with Crippen LogP contribution in [0.1, 0.15) is 16.6 Å². The molecule has 0 aliphatic rings. The number of thiophene rings is 1. The molecule has 1 aromatic rings. The first-order valence-corrected chi connectivity index (χ1v) is 6.51. The Morgan fingerprint density at radius 2 is 2.20 bits per heavy atom. The van der Waals surface area contributed by atoms with Gasteiger partial charge in [-0.05, 0) is 26.1 Å². The van der Waals surface area contributed by atoms with Crippen molar-refractivity contribution in [3.05, 3.63) is 17.0 Å². The molecule has 0 fully saturated rings. The Morgan fingerprint density at radius 1 is 1.53 bits per heavy atom. The summed E-state index contributed by atoms with van der Waals surface area (Å²) in [5, 5.41) is 0. The van der Waals surface area contributed by atoms with Gasteiger partial charge in [0.25, 0.3) is 0 Å². The highest BCUT2D eigenvalue weighted by atomic mass is 32.2. The van der Waals surface area contributed by atoms with Crippen molar-refractivity contribution < 1.29 is 17.9 Å². The first-order chi connectivity index (χ1) is 7.01. The third kappa shape index (κ3) is 2.77. The van der Waals surface area contributed by atoms with Crippen molar-refractivity contribution in [2.75, 3.05) is 13.7 Å². The van der Waals surface area contributed by atoms with Crippen LogP contribution >= 0.6 is 11.3 Å². The summed E-state index contributed by atoms with van der Waals surface area (Å²) in [5.74, 6) is -0.500. The van der Waals surface area contributed by atoms with Crippen LogP contribution in [0.15, 0.2) is 16.3 Å². The number of carbonyl (C=O) groups is 1. The zero-order chi connectivity index (χ0) is 11.5. The van der Waals surface area contributed by atoms with Gasteiger partial charge in [0.2, 0.25) is 10.0 Å². The monoisotopic (exact) mass is 249 g/mol. The first-order valence-electron chi connectivity index (χ1n) is 4.21. The molecule has 0 bridgehead atoms. The summed E-state index contributed by atoms with van der Waals surface area (Å²) >= 11 is 0.887. The maximum Gasteiger partial charge on any atom is 0.348 e. The van der Waals surface area contributed by atoms with Gasteiger partial charge in [-0.1, -0.05) is 0 Å². The maximum absolute atomic E-state index is 11.3. The summed E-state index contributed by atoms with van der Waals surface area (Å²) in [6, 6.07) is 2.82. The van der Waals surface area contributed by atoms with Crippen LogP contribution in [-0.4, -0.2) is 28.0 Å². The second-order valence-corrected chi connectivity index (χ2v) is 5.74. The van der Waals surface area contributed by atoms with Crippen LogP contribution in [0.25, 0.3) is 0 Å². The Hall–Kier alpha value is -0.920. The fraction of sp³-hybridized carbons (Fsp3) is 0.375. The number of carbonyl (C=O) groups excluding carboxylic acids is 1. The highest BCUT2D eigenvalue weighted by molar-refractivity contribution is 7.91. The minimum Gasteiger partial charge on any atom is -0.462 e. The summed E-state index contributed by atoms with van der Waals surface area (Å²) in [4.78, 5) is 11.5. The Kier molecular flexibility index (Phi) is 3.83. The van der Waals surface area contributed by atoms with Crippen LogP contribution in [0.5, 0.6) is 0 Å². The van der Waals surface area contributed by atoms with E-state index in [1.54, 1.807) is 6.92 Å². The molecule has 0 aromatic carbocycles. The second kappa shape index (κ2) is 4.73. The minimum atomic E-state index is -3.47. The topological polar surface area (TPSA) is 72.5 Å². The number of sulfonamides is 1. The number of ether oxygens (including phenoxy) is 1. The molecule has 0 saturated carbocycles. The van der Waals surface area contributed by atoms with Crippen molar-refractivity contribution >= 4 is 27.3 Å². The van der Waals surface area contributed by atoms with Crippen molar-refractivity contribution in [3.8, 4) is 0 Å². The van der Waals surface area contributed by atoms with Gasteiger partial charge >= 0.3 is 5.97 Å². The van der Waals surface area contributed by atoms with Gasteiger partial charge in [-0.2, -0.15) is 0 Å². The third-order valence-electron chi connectivity index (χ3n) is 1.59. The Morgan fingerprint density at radius 3 is 2.73 bits per heavy atom. The lowest BCUT2D eigenvalue weighted by molar-refractivity contribution is 0.0532. The van der Waals surface area contributed by atoms with E-state index >= 15 is 0 Å². The molecule has 0 saturated heterocycles. The fourth-order valence-corrected chi connectivity index (χ4v) is 2.91. The Balaban J connectivity index is 2.95. The largest absolute Gasteiger partial charge is 0.462 e. The quantitative estimate of drug-likeness (QED) is 0.802. The van der Waals surface area contributed by atoms with Gasteiger partial charge < -0.3 is 4.74 Å². The summed E-state index contributed by atoms with van der Waals surface area (Å²) in [6.45, 7) is 1.96. The summed E-state index contributed by atoms with van der Waals surface area (Å²) < 4.78 is 29.7. The number of hydrogen-bond donors (Lipinski definition) is 1. The molecular formula is C8H11NO4S2. The molecule has 0 spiro atoms. The predicted octanol–water partition coefficient (Wildman–Crippen LogP) is 0.833. The number of rotatable bonds is 4. The average Bonchev–Trinajstić information content (AvgIpc) is 2.67. The van der Waals surface area contributed by atoms with Gasteiger partial charge in [-0.25, -0.2) is 17.9 Å². The van der Waals surface area contributed by atoms with Gasteiger partial charge in [0, 0.05) is 0 Å². The van der Waals surface area contributed by atoms with E-state index in [4.69, 9.17) is 4.74 Å². The normalized spacial score (nSPS) is 11.3. The molecule has 1 N–H and O–H groups in total. The van der Waals surface area contributed by atoms with E-state index in [-0.39, 0.29) is 15.7 Å². The smallest absolute Gasteiger partial charge is 0.348 e. The second-order valence-electron chi connectivity index (χ2n) is 2.55. The SMILES string of the molecule is CCOC(=O)c1ccc(S(=O)(=O)NC)s1. The van der Waals surface area contributed by atoms with E-state index < -0.39 is 16.0 Å². The number of nitrogens with one attached hydrogen (secondary N) is 1. The molecule has 0 atom stereocenters. The first kappa shape index (κ1) is 12.2. The highest BCUT2D eigenvalue weighted by Gasteiger charge is 2.17. The van der Waals surface area contributed by atoms with Gasteiger partial charge in [-0.15, -0.1) is 11.3 Å². The zero-order valence-corrected chi connectivity index (χ0v) is 9.94. The summed E-state index contributed by atoms with van der Waals surface area (Å²) in [6.07, 6.45) is 0. The van der Waals surface area contributed by atoms with E-state index in [1.807, 2.05) is 0 Å². The van der Waals surface area contributed by atoms with E-state index in [0.717, 1.165) is 11.3 Å². The molecule has 1 heterocycles. The van der Waals surface area contributed by atoms with Gasteiger partial charge in [0.15, 0.2) is 0 Å². The van der Waals surface area contributed by atoms with Crippen LogP contribution in [0.4, 0.5) is 0 Å². The lowest BCUT2D eigenvalue weighted by Gasteiger charge is -1.98. The maximum atomic E-state index is 11.3. The van der Waals surface area contributed by atoms with E-state index in [1.165, 1.54) is 19.2 Å². The van der Waals surface area contributed by atoms with Gasteiger partial charge in [-0.3, -0.25) is 0 Å². The highest BCUT2D eigenvalue weighted by Crippen LogP contribution is 2.21.